The molecule has 0 aromatic heterocycles. The molecule has 0 radical (unpaired) electrons. The zero-order valence-electron chi connectivity index (χ0n) is 34.7. The molecule has 0 aromatic carbocycles. The number of rotatable bonds is 24. The Balaban J connectivity index is -0.0000000767. The smallest absolute Gasteiger partial charge is 0.748 e. The summed E-state index contributed by atoms with van der Waals surface area (Å²) in [6, 6.07) is -0.221. The van der Waals surface area contributed by atoms with E-state index in [-0.39, 0.29) is 249 Å². The van der Waals surface area contributed by atoms with Gasteiger partial charge in [-0.05, 0) is 51.4 Å². The van der Waals surface area contributed by atoms with Crippen molar-refractivity contribution in [2.24, 2.45) is 0 Å². The Kier molecular flexibility index (Phi) is 69.9. The van der Waals surface area contributed by atoms with Crippen LogP contribution in [0.4, 0.5) is 0 Å². The zero-order valence-corrected chi connectivity index (χ0v) is 48.2. The first-order valence-corrected chi connectivity index (χ1v) is 23.3. The average Bonchev–Trinajstić information content (AvgIpc) is 3.00. The van der Waals surface area contributed by atoms with Crippen LogP contribution in [0.1, 0.15) is 112 Å². The van der Waals surface area contributed by atoms with E-state index in [0.717, 1.165) is 25.7 Å². The van der Waals surface area contributed by atoms with E-state index < -0.39 is 63.5 Å². The molecule has 0 spiro atoms. The molecule has 29 heteroatoms. The number of hydrogen-bond donors (Lipinski definition) is 4. The molecule has 0 fully saturated rings. The van der Waals surface area contributed by atoms with Crippen LogP contribution in [-0.2, 0) is 59.7 Å². The molecule has 4 N–H and O–H groups in total. The fraction of sp³-hybridized carbons (Fsp3) is 0.862. The van der Waals surface area contributed by atoms with Crippen LogP contribution < -0.4 is 21.3 Å². The molecule has 0 saturated heterocycles. The maximum Gasteiger partial charge on any atom is 2.00 e. The molecular weight excluding hydrogens is 973 g/mol. The fourth-order valence-electron chi connectivity index (χ4n) is 3.44. The molecular formula is C29H58Ca4MgN4O16S4+6. The minimum Gasteiger partial charge on any atom is -0.748 e. The van der Waals surface area contributed by atoms with Gasteiger partial charge in [-0.1, -0.05) is 34.1 Å². The Hall–Kier alpha value is 3.33. The number of hydrogen-bond acceptors (Lipinski definition) is 16. The van der Waals surface area contributed by atoms with Gasteiger partial charge in [0, 0.05) is 74.9 Å². The molecule has 318 valence electrons. The number of unbranched alkanes of at least 4 members (excludes halogenated alkanes) is 1. The monoisotopic (exact) mass is 1030 g/mol. The Bertz CT molecular complexity index is 1430. The van der Waals surface area contributed by atoms with Crippen molar-refractivity contribution >= 4 is 238 Å². The minimum atomic E-state index is -4.17. The maximum atomic E-state index is 11.0. The van der Waals surface area contributed by atoms with Gasteiger partial charge >= 0.3 is 174 Å². The van der Waals surface area contributed by atoms with Crippen LogP contribution in [0.2, 0.25) is 0 Å². The van der Waals surface area contributed by atoms with Crippen LogP contribution in [0.3, 0.4) is 0 Å². The Morgan fingerprint density at radius 2 is 0.776 bits per heavy atom. The molecule has 0 aliphatic rings. The number of carbonyl (C=O) groups excluding carboxylic acids is 4. The van der Waals surface area contributed by atoms with Crippen LogP contribution >= 0.6 is 0 Å². The van der Waals surface area contributed by atoms with E-state index in [4.69, 9.17) is 0 Å². The summed E-state index contributed by atoms with van der Waals surface area (Å²) in [5, 5.41) is 10.1. The van der Waals surface area contributed by atoms with Crippen LogP contribution in [0.15, 0.2) is 0 Å². The number of amides is 4. The van der Waals surface area contributed by atoms with Crippen molar-refractivity contribution in [2.45, 2.75) is 118 Å². The van der Waals surface area contributed by atoms with Crippen molar-refractivity contribution in [3.8, 4) is 0 Å². The standard InChI is InChI=1S/C8H17NO4S.3C7H15NO4S.4Ca.Mg/c1-2-3-5-8(10)9-6-4-7-14(11,12)13;1-3-7(8-6(2)9)4-5-13(10,11)12;2*1-2-4-7(9)8-5-3-6-13(10,11)12;;;;;/h2-7H2,1H3,(H,9,10)(H,11,12,13);7H,3-5H2,1-2H3,(H,8,9)(H,10,11,12);2*2-6H2,1H3,(H,8,9)(H,10,11,12);;;;;/q;;;;5*+2/p-4. The summed E-state index contributed by atoms with van der Waals surface area (Å²) < 4.78 is 122. The third-order valence-electron chi connectivity index (χ3n) is 6.01. The SMILES string of the molecule is CCC(CCS(=O)(=O)[O-])NC(C)=O.CCCC(=O)NCCCS(=O)(=O)[O-].CCCC(=O)NCCCS(=O)(=O)[O-].CCCCC(=O)NCCCS(=O)(=O)[O-].[Ca+2].[Ca+2].[Ca+2].[Ca+2].[Mg+2]. The molecule has 1 atom stereocenters. The van der Waals surface area contributed by atoms with Crippen molar-refractivity contribution in [3.63, 3.8) is 0 Å². The van der Waals surface area contributed by atoms with Gasteiger partial charge in [0.05, 0.1) is 40.5 Å². The molecule has 58 heavy (non-hydrogen) atoms. The van der Waals surface area contributed by atoms with E-state index in [1.807, 2.05) is 27.7 Å². The minimum absolute atomic E-state index is 0. The van der Waals surface area contributed by atoms with Crippen LogP contribution in [0.25, 0.3) is 0 Å². The summed E-state index contributed by atoms with van der Waals surface area (Å²) in [6.45, 7) is 9.66. The van der Waals surface area contributed by atoms with E-state index in [1.165, 1.54) is 6.92 Å². The van der Waals surface area contributed by atoms with Gasteiger partial charge in [0.25, 0.3) is 0 Å². The van der Waals surface area contributed by atoms with Crippen LogP contribution in [-0.4, -0.2) is 298 Å². The fourth-order valence-corrected chi connectivity index (χ4v) is 5.51. The molecule has 0 rings (SSSR count). The van der Waals surface area contributed by atoms with Crippen LogP contribution in [0, 0.1) is 0 Å². The van der Waals surface area contributed by atoms with Gasteiger partial charge in [0.15, 0.2) is 0 Å². The number of carbonyl (C=O) groups is 4. The second-order valence-corrected chi connectivity index (χ2v) is 17.5. The van der Waals surface area contributed by atoms with E-state index in [0.29, 0.717) is 25.7 Å². The Labute approximate surface area is 482 Å². The first-order chi connectivity index (χ1) is 24.2. The molecule has 0 heterocycles. The van der Waals surface area contributed by atoms with Crippen molar-refractivity contribution < 1.29 is 71.1 Å². The van der Waals surface area contributed by atoms with Crippen LogP contribution in [0.5, 0.6) is 0 Å². The topological polar surface area (TPSA) is 345 Å². The first-order valence-electron chi connectivity index (χ1n) is 17.0. The van der Waals surface area contributed by atoms with Crippen molar-refractivity contribution in [3.05, 3.63) is 0 Å². The van der Waals surface area contributed by atoms with E-state index in [1.54, 1.807) is 0 Å². The van der Waals surface area contributed by atoms with Gasteiger partial charge in [0.2, 0.25) is 23.6 Å². The van der Waals surface area contributed by atoms with Crippen molar-refractivity contribution in [1.29, 1.82) is 0 Å². The molecule has 20 nitrogen and oxygen atoms in total. The Morgan fingerprint density at radius 1 is 0.483 bits per heavy atom. The summed E-state index contributed by atoms with van der Waals surface area (Å²) in [5.74, 6) is -2.19. The molecule has 0 aromatic rings. The van der Waals surface area contributed by atoms with Crippen molar-refractivity contribution in [1.82, 2.24) is 21.3 Å². The average molecular weight is 1030 g/mol. The summed E-state index contributed by atoms with van der Waals surface area (Å²) in [7, 11) is -16.6. The van der Waals surface area contributed by atoms with Gasteiger partial charge in [-0.15, -0.1) is 0 Å². The third kappa shape index (κ3) is 82.9. The second kappa shape index (κ2) is 49.8. The zero-order chi connectivity index (χ0) is 42.2. The quantitative estimate of drug-likeness (QED) is 0.0454. The summed E-state index contributed by atoms with van der Waals surface area (Å²) in [6.07, 6.45) is 5.96. The summed E-state index contributed by atoms with van der Waals surface area (Å²) in [4.78, 5) is 43.2. The molecule has 0 bridgehead atoms. The summed E-state index contributed by atoms with van der Waals surface area (Å²) >= 11 is 0. The van der Waals surface area contributed by atoms with Gasteiger partial charge in [-0.2, -0.15) is 0 Å². The molecule has 0 aliphatic heterocycles. The maximum absolute atomic E-state index is 11.0. The van der Waals surface area contributed by atoms with E-state index in [2.05, 4.69) is 21.3 Å². The van der Waals surface area contributed by atoms with Crippen molar-refractivity contribution in [2.75, 3.05) is 42.6 Å². The first kappa shape index (κ1) is 81.5. The molecule has 0 saturated carbocycles. The van der Waals surface area contributed by atoms with Gasteiger partial charge in [0.1, 0.15) is 0 Å². The number of nitrogens with one attached hydrogen (secondary N) is 4. The van der Waals surface area contributed by atoms with Gasteiger partial charge in [-0.3, -0.25) is 19.2 Å². The second-order valence-electron chi connectivity index (χ2n) is 11.4. The van der Waals surface area contributed by atoms with E-state index in [9.17, 15) is 71.1 Å². The predicted octanol–water partition coefficient (Wildman–Crippen LogP) is -2.16. The molecule has 0 aliphatic carbocycles. The van der Waals surface area contributed by atoms with Gasteiger partial charge in [-0.25, -0.2) is 33.7 Å². The van der Waals surface area contributed by atoms with E-state index >= 15 is 0 Å². The summed E-state index contributed by atoms with van der Waals surface area (Å²) in [5.41, 5.74) is 0. The Morgan fingerprint density at radius 3 is 1.00 bits per heavy atom. The molecule has 4 amide bonds. The normalized spacial score (nSPS) is 10.8. The molecule has 1 unspecified atom stereocenters. The third-order valence-corrected chi connectivity index (χ3v) is 9.11. The predicted molar refractivity (Wildman–Crippen MR) is 222 cm³/mol. The largest absolute Gasteiger partial charge is 2.00 e. The van der Waals surface area contributed by atoms with Gasteiger partial charge < -0.3 is 39.5 Å².